The number of hydrogen-bond donors (Lipinski definition) is 1. The largest absolute Gasteiger partial charge is 0.327 e. The fourth-order valence-corrected chi connectivity index (χ4v) is 1.51. The number of likely N-dealkylation sites (N-methyl/N-ethyl adjacent to an activating group) is 1. The van der Waals surface area contributed by atoms with Gasteiger partial charge in [-0.3, -0.25) is 0 Å². The molecule has 0 aromatic carbocycles. The first-order chi connectivity index (χ1) is 4.52. The van der Waals surface area contributed by atoms with E-state index in [0.29, 0.717) is 12.0 Å². The number of hydrogen-bond acceptors (Lipinski definition) is 2. The van der Waals surface area contributed by atoms with Crippen LogP contribution in [0, 0.1) is 5.92 Å². The molecular formula is C7H17IN2. The minimum atomic E-state index is 0.335. The molecule has 0 saturated heterocycles. The molecule has 2 nitrogen and oxygen atoms in total. The van der Waals surface area contributed by atoms with Crippen LogP contribution in [-0.2, 0) is 0 Å². The number of nitrogens with zero attached hydrogens (tertiary/aromatic N) is 1. The van der Waals surface area contributed by atoms with Crippen LogP contribution in [0.1, 0.15) is 20.3 Å². The van der Waals surface area contributed by atoms with Gasteiger partial charge < -0.3 is 5.73 Å². The molecule has 1 atom stereocenters. The van der Waals surface area contributed by atoms with E-state index in [1.165, 1.54) is 0 Å². The summed E-state index contributed by atoms with van der Waals surface area (Å²) in [5.74, 6) is 0.714. The summed E-state index contributed by atoms with van der Waals surface area (Å²) in [4.78, 5) is 0. The van der Waals surface area contributed by atoms with Crippen molar-refractivity contribution in [1.82, 2.24) is 3.11 Å². The van der Waals surface area contributed by atoms with Gasteiger partial charge in [0.2, 0.25) is 0 Å². The van der Waals surface area contributed by atoms with Gasteiger partial charge in [0, 0.05) is 35.5 Å². The second kappa shape index (κ2) is 5.32. The van der Waals surface area contributed by atoms with Crippen molar-refractivity contribution >= 4 is 22.9 Å². The van der Waals surface area contributed by atoms with E-state index in [1.54, 1.807) is 0 Å². The van der Waals surface area contributed by atoms with E-state index < -0.39 is 0 Å². The van der Waals surface area contributed by atoms with Gasteiger partial charge in [0.25, 0.3) is 0 Å². The normalized spacial score (nSPS) is 14.7. The number of halogens is 1. The van der Waals surface area contributed by atoms with Crippen molar-refractivity contribution in [3.05, 3.63) is 0 Å². The lowest BCUT2D eigenvalue weighted by atomic mass is 10.1. The van der Waals surface area contributed by atoms with Gasteiger partial charge in [-0.05, 0) is 19.4 Å². The van der Waals surface area contributed by atoms with Crippen LogP contribution in [0.5, 0.6) is 0 Å². The lowest BCUT2D eigenvalue weighted by Gasteiger charge is -2.16. The van der Waals surface area contributed by atoms with E-state index in [4.69, 9.17) is 5.73 Å². The van der Waals surface area contributed by atoms with E-state index in [9.17, 15) is 0 Å². The molecule has 0 amide bonds. The first-order valence-electron chi connectivity index (χ1n) is 3.65. The molecule has 0 unspecified atom stereocenters. The van der Waals surface area contributed by atoms with E-state index in [-0.39, 0.29) is 0 Å². The topological polar surface area (TPSA) is 29.3 Å². The fourth-order valence-electron chi connectivity index (χ4n) is 1.00. The van der Waals surface area contributed by atoms with Crippen LogP contribution >= 0.6 is 22.9 Å². The quantitative estimate of drug-likeness (QED) is 0.612. The number of rotatable bonds is 4. The van der Waals surface area contributed by atoms with Crippen LogP contribution in [0.25, 0.3) is 0 Å². The van der Waals surface area contributed by atoms with Crippen molar-refractivity contribution in [3.8, 4) is 0 Å². The zero-order valence-corrected chi connectivity index (χ0v) is 9.13. The first kappa shape index (κ1) is 10.7. The maximum atomic E-state index is 5.83. The van der Waals surface area contributed by atoms with Gasteiger partial charge in [0.05, 0.1) is 0 Å². The van der Waals surface area contributed by atoms with Crippen molar-refractivity contribution in [2.75, 3.05) is 13.6 Å². The highest BCUT2D eigenvalue weighted by molar-refractivity contribution is 14.1. The Balaban J connectivity index is 3.34. The lowest BCUT2D eigenvalue weighted by molar-refractivity contribution is 0.438. The standard InChI is InChI=1S/C7H17IN2/c1-6(2)4-7(9)5-10(3)8/h6-7H,4-5,9H2,1-3H3/t7-/m0/s1. The Morgan fingerprint density at radius 2 is 2.00 bits per heavy atom. The molecule has 0 rings (SSSR count). The maximum Gasteiger partial charge on any atom is 0.0230 e. The average molecular weight is 256 g/mol. The van der Waals surface area contributed by atoms with Crippen molar-refractivity contribution in [2.24, 2.45) is 11.7 Å². The molecule has 0 heterocycles. The highest BCUT2D eigenvalue weighted by Crippen LogP contribution is 2.04. The maximum absolute atomic E-state index is 5.83. The van der Waals surface area contributed by atoms with Crippen molar-refractivity contribution in [3.63, 3.8) is 0 Å². The third-order valence-corrected chi connectivity index (χ3v) is 1.65. The smallest absolute Gasteiger partial charge is 0.0230 e. The number of nitrogens with two attached hydrogens (primary N) is 1. The third-order valence-electron chi connectivity index (χ3n) is 1.26. The highest BCUT2D eigenvalue weighted by atomic mass is 127. The summed E-state index contributed by atoms with van der Waals surface area (Å²) in [5.41, 5.74) is 5.83. The van der Waals surface area contributed by atoms with E-state index in [1.807, 2.05) is 7.05 Å². The van der Waals surface area contributed by atoms with Crippen LogP contribution in [0.2, 0.25) is 0 Å². The Morgan fingerprint density at radius 3 is 2.30 bits per heavy atom. The molecular weight excluding hydrogens is 239 g/mol. The second-order valence-corrected chi connectivity index (χ2v) is 4.82. The first-order valence-corrected chi connectivity index (χ1v) is 4.61. The van der Waals surface area contributed by atoms with Crippen molar-refractivity contribution in [1.29, 1.82) is 0 Å². The third kappa shape index (κ3) is 6.77. The van der Waals surface area contributed by atoms with E-state index in [2.05, 4.69) is 39.8 Å². The molecule has 2 N–H and O–H groups in total. The SMILES string of the molecule is CC(C)C[C@H](N)CN(C)I. The van der Waals surface area contributed by atoms with Crippen molar-refractivity contribution < 1.29 is 0 Å². The molecule has 0 fully saturated rings. The zero-order valence-electron chi connectivity index (χ0n) is 6.97. The van der Waals surface area contributed by atoms with Crippen LogP contribution < -0.4 is 5.73 Å². The average Bonchev–Trinajstić information content (AvgIpc) is 1.58. The van der Waals surface area contributed by atoms with Gasteiger partial charge in [-0.2, -0.15) is 0 Å². The van der Waals surface area contributed by atoms with Crippen LogP contribution in [-0.4, -0.2) is 22.7 Å². The van der Waals surface area contributed by atoms with Gasteiger partial charge in [0.15, 0.2) is 0 Å². The van der Waals surface area contributed by atoms with Gasteiger partial charge in [0.1, 0.15) is 0 Å². The summed E-state index contributed by atoms with van der Waals surface area (Å²) < 4.78 is 2.10. The van der Waals surface area contributed by atoms with Crippen LogP contribution in [0.4, 0.5) is 0 Å². The monoisotopic (exact) mass is 256 g/mol. The fraction of sp³-hybridized carbons (Fsp3) is 1.00. The summed E-state index contributed by atoms with van der Waals surface area (Å²) in [6.07, 6.45) is 1.12. The highest BCUT2D eigenvalue weighted by Gasteiger charge is 2.06. The Hall–Kier alpha value is 0.650. The van der Waals surface area contributed by atoms with E-state index in [0.717, 1.165) is 13.0 Å². The molecule has 0 aliphatic rings. The predicted octanol–water partition coefficient (Wildman–Crippen LogP) is 1.64. The van der Waals surface area contributed by atoms with Gasteiger partial charge in [-0.1, -0.05) is 13.8 Å². The van der Waals surface area contributed by atoms with E-state index >= 15 is 0 Å². The summed E-state index contributed by atoms with van der Waals surface area (Å²) in [6, 6.07) is 0.335. The summed E-state index contributed by atoms with van der Waals surface area (Å²) in [5, 5.41) is 0. The molecule has 62 valence electrons. The van der Waals surface area contributed by atoms with Crippen LogP contribution in [0.3, 0.4) is 0 Å². The molecule has 0 radical (unpaired) electrons. The Morgan fingerprint density at radius 1 is 1.50 bits per heavy atom. The van der Waals surface area contributed by atoms with Gasteiger partial charge in [-0.25, -0.2) is 3.11 Å². The zero-order chi connectivity index (χ0) is 8.15. The summed E-state index contributed by atoms with van der Waals surface area (Å²) in [6.45, 7) is 5.39. The Kier molecular flexibility index (Phi) is 5.67. The summed E-state index contributed by atoms with van der Waals surface area (Å²) in [7, 11) is 2.04. The lowest BCUT2D eigenvalue weighted by Crippen LogP contribution is -2.31. The molecule has 3 heteroatoms. The van der Waals surface area contributed by atoms with Gasteiger partial charge >= 0.3 is 0 Å². The van der Waals surface area contributed by atoms with Gasteiger partial charge in [-0.15, -0.1) is 0 Å². The molecule has 0 aliphatic carbocycles. The Bertz CT molecular complexity index is 73.7. The van der Waals surface area contributed by atoms with Crippen molar-refractivity contribution in [2.45, 2.75) is 26.3 Å². The second-order valence-electron chi connectivity index (χ2n) is 3.18. The molecule has 0 aliphatic heterocycles. The predicted molar refractivity (Wildman–Crippen MR) is 54.1 cm³/mol. The Labute approximate surface area is 77.6 Å². The minimum Gasteiger partial charge on any atom is -0.327 e. The van der Waals surface area contributed by atoms with Crippen LogP contribution in [0.15, 0.2) is 0 Å². The molecule has 0 saturated carbocycles. The molecule has 0 spiro atoms. The molecule has 0 aromatic rings. The minimum absolute atomic E-state index is 0.335. The molecule has 0 aromatic heterocycles. The molecule has 0 bridgehead atoms. The molecule has 10 heavy (non-hydrogen) atoms. The summed E-state index contributed by atoms with van der Waals surface area (Å²) >= 11 is 2.26.